The van der Waals surface area contributed by atoms with E-state index in [0.717, 1.165) is 23.1 Å². The standard InChI is InChI=1S/C14H13N5O/c1-10(18-7-6-15-9-18)14-17-16-13-8-20-12-5-3-2-4-11(12)19(13)14/h2-7,9-10H,8H2,1H3. The SMILES string of the molecule is CC(c1nnc2n1-c1ccccc1OC2)n1ccnc1. The van der Waals surface area contributed by atoms with Crippen LogP contribution in [0, 0.1) is 0 Å². The highest BCUT2D eigenvalue weighted by Gasteiger charge is 2.25. The topological polar surface area (TPSA) is 57.8 Å². The van der Waals surface area contributed by atoms with Crippen molar-refractivity contribution in [1.29, 1.82) is 0 Å². The first-order valence-corrected chi connectivity index (χ1v) is 6.48. The third-order valence-corrected chi connectivity index (χ3v) is 3.56. The van der Waals surface area contributed by atoms with Crippen molar-refractivity contribution in [2.45, 2.75) is 19.6 Å². The Morgan fingerprint density at radius 3 is 3.00 bits per heavy atom. The van der Waals surface area contributed by atoms with Crippen LogP contribution in [0.25, 0.3) is 5.69 Å². The van der Waals surface area contributed by atoms with E-state index >= 15 is 0 Å². The molecule has 0 aliphatic carbocycles. The van der Waals surface area contributed by atoms with Gasteiger partial charge in [-0.2, -0.15) is 0 Å². The summed E-state index contributed by atoms with van der Waals surface area (Å²) in [5.41, 5.74) is 0.987. The number of rotatable bonds is 2. The molecular formula is C14H13N5O. The van der Waals surface area contributed by atoms with Gasteiger partial charge in [-0.1, -0.05) is 12.1 Å². The smallest absolute Gasteiger partial charge is 0.175 e. The van der Waals surface area contributed by atoms with Crippen molar-refractivity contribution in [3.8, 4) is 11.4 Å². The monoisotopic (exact) mass is 267 g/mol. The van der Waals surface area contributed by atoms with Gasteiger partial charge in [-0.15, -0.1) is 10.2 Å². The van der Waals surface area contributed by atoms with Crippen molar-refractivity contribution in [3.05, 3.63) is 54.6 Å². The zero-order chi connectivity index (χ0) is 13.5. The van der Waals surface area contributed by atoms with Crippen molar-refractivity contribution in [3.63, 3.8) is 0 Å². The second kappa shape index (κ2) is 4.19. The quantitative estimate of drug-likeness (QED) is 0.712. The number of benzene rings is 1. The molecule has 0 bridgehead atoms. The van der Waals surface area contributed by atoms with Gasteiger partial charge in [0.1, 0.15) is 12.4 Å². The van der Waals surface area contributed by atoms with Crippen molar-refractivity contribution in [2.24, 2.45) is 0 Å². The zero-order valence-electron chi connectivity index (χ0n) is 11.0. The average molecular weight is 267 g/mol. The summed E-state index contributed by atoms with van der Waals surface area (Å²) >= 11 is 0. The molecule has 20 heavy (non-hydrogen) atoms. The summed E-state index contributed by atoms with van der Waals surface area (Å²) in [5, 5.41) is 8.58. The third kappa shape index (κ3) is 1.54. The molecule has 1 aliphatic rings. The van der Waals surface area contributed by atoms with E-state index in [1.54, 1.807) is 12.5 Å². The van der Waals surface area contributed by atoms with Crippen molar-refractivity contribution < 1.29 is 4.74 Å². The molecule has 0 saturated carbocycles. The van der Waals surface area contributed by atoms with Gasteiger partial charge in [0.25, 0.3) is 0 Å². The lowest BCUT2D eigenvalue weighted by atomic mass is 10.2. The highest BCUT2D eigenvalue weighted by molar-refractivity contribution is 5.49. The number of ether oxygens (including phenoxy) is 1. The van der Waals surface area contributed by atoms with Crippen LogP contribution in [0.1, 0.15) is 24.6 Å². The lowest BCUT2D eigenvalue weighted by Crippen LogP contribution is -2.18. The highest BCUT2D eigenvalue weighted by Crippen LogP contribution is 2.31. The first kappa shape index (κ1) is 11.2. The van der Waals surface area contributed by atoms with E-state index in [2.05, 4.69) is 26.7 Å². The molecule has 1 atom stereocenters. The summed E-state index contributed by atoms with van der Waals surface area (Å²) in [7, 11) is 0. The van der Waals surface area contributed by atoms with E-state index in [-0.39, 0.29) is 6.04 Å². The molecule has 100 valence electrons. The number of imidazole rings is 1. The average Bonchev–Trinajstić information content (AvgIpc) is 3.16. The second-order valence-corrected chi connectivity index (χ2v) is 4.75. The molecule has 1 unspecified atom stereocenters. The Morgan fingerprint density at radius 1 is 1.25 bits per heavy atom. The Bertz CT molecular complexity index is 747. The summed E-state index contributed by atoms with van der Waals surface area (Å²) in [6.07, 6.45) is 5.48. The maximum Gasteiger partial charge on any atom is 0.175 e. The Hall–Kier alpha value is -2.63. The van der Waals surface area contributed by atoms with Crippen molar-refractivity contribution in [2.75, 3.05) is 0 Å². The van der Waals surface area contributed by atoms with Gasteiger partial charge in [-0.25, -0.2) is 4.98 Å². The second-order valence-electron chi connectivity index (χ2n) is 4.75. The van der Waals surface area contributed by atoms with Crippen molar-refractivity contribution >= 4 is 0 Å². The molecule has 0 N–H and O–H groups in total. The molecule has 0 fully saturated rings. The van der Waals surface area contributed by atoms with Crippen molar-refractivity contribution in [1.82, 2.24) is 24.3 Å². The van der Waals surface area contributed by atoms with Crippen LogP contribution >= 0.6 is 0 Å². The lowest BCUT2D eigenvalue weighted by molar-refractivity contribution is 0.278. The van der Waals surface area contributed by atoms with E-state index in [4.69, 9.17) is 4.74 Å². The van der Waals surface area contributed by atoms with Crippen LogP contribution in [0.2, 0.25) is 0 Å². The van der Waals surface area contributed by atoms with E-state index < -0.39 is 0 Å². The molecule has 6 heteroatoms. The van der Waals surface area contributed by atoms with Gasteiger partial charge in [0.2, 0.25) is 0 Å². The molecule has 1 aromatic carbocycles. The van der Waals surface area contributed by atoms with Gasteiger partial charge in [0, 0.05) is 12.4 Å². The fourth-order valence-electron chi connectivity index (χ4n) is 2.49. The lowest BCUT2D eigenvalue weighted by Gasteiger charge is -2.22. The normalized spacial score (nSPS) is 14.2. The van der Waals surface area contributed by atoms with Gasteiger partial charge in [-0.3, -0.25) is 4.57 Å². The molecule has 3 aromatic rings. The molecule has 3 heterocycles. The summed E-state index contributed by atoms with van der Waals surface area (Å²) in [6.45, 7) is 2.53. The highest BCUT2D eigenvalue weighted by atomic mass is 16.5. The van der Waals surface area contributed by atoms with Crippen LogP contribution in [0.5, 0.6) is 5.75 Å². The summed E-state index contributed by atoms with van der Waals surface area (Å²) < 4.78 is 9.77. The summed E-state index contributed by atoms with van der Waals surface area (Å²) in [5.74, 6) is 2.57. The molecule has 4 rings (SSSR count). The Kier molecular flexibility index (Phi) is 2.35. The van der Waals surface area contributed by atoms with Gasteiger partial charge in [-0.05, 0) is 19.1 Å². The van der Waals surface area contributed by atoms with Crippen LogP contribution in [0.4, 0.5) is 0 Å². The Balaban J connectivity index is 1.88. The van der Waals surface area contributed by atoms with Gasteiger partial charge in [0.15, 0.2) is 11.6 Å². The number of para-hydroxylation sites is 2. The minimum absolute atomic E-state index is 0.0601. The zero-order valence-corrected chi connectivity index (χ0v) is 11.0. The van der Waals surface area contributed by atoms with Crippen LogP contribution < -0.4 is 4.74 Å². The van der Waals surface area contributed by atoms with E-state index in [0.29, 0.717) is 6.61 Å². The number of hydrogen-bond acceptors (Lipinski definition) is 4. The van der Waals surface area contributed by atoms with Crippen LogP contribution in [0.3, 0.4) is 0 Å². The molecule has 0 saturated heterocycles. The Morgan fingerprint density at radius 2 is 2.15 bits per heavy atom. The van der Waals surface area contributed by atoms with E-state index in [1.165, 1.54) is 0 Å². The molecule has 1 aliphatic heterocycles. The van der Waals surface area contributed by atoms with E-state index in [9.17, 15) is 0 Å². The van der Waals surface area contributed by atoms with Gasteiger partial charge >= 0.3 is 0 Å². The predicted octanol–water partition coefficient (Wildman–Crippen LogP) is 1.97. The first-order valence-electron chi connectivity index (χ1n) is 6.48. The summed E-state index contributed by atoms with van der Waals surface area (Å²) in [4.78, 5) is 4.09. The fraction of sp³-hybridized carbons (Fsp3) is 0.214. The number of nitrogens with zero attached hydrogens (tertiary/aromatic N) is 5. The molecule has 6 nitrogen and oxygen atoms in total. The molecule has 2 aromatic heterocycles. The van der Waals surface area contributed by atoms with Crippen LogP contribution in [0.15, 0.2) is 43.0 Å². The largest absolute Gasteiger partial charge is 0.483 e. The summed E-state index contributed by atoms with van der Waals surface area (Å²) in [6, 6.07) is 8.00. The van der Waals surface area contributed by atoms with Crippen LogP contribution in [-0.4, -0.2) is 24.3 Å². The van der Waals surface area contributed by atoms with Gasteiger partial charge in [0.05, 0.1) is 18.1 Å². The number of fused-ring (bicyclic) bond motifs is 3. The molecule has 0 amide bonds. The minimum Gasteiger partial charge on any atom is -0.483 e. The molecular weight excluding hydrogens is 254 g/mol. The third-order valence-electron chi connectivity index (χ3n) is 3.56. The van der Waals surface area contributed by atoms with Crippen LogP contribution in [-0.2, 0) is 6.61 Å². The predicted molar refractivity (Wildman–Crippen MR) is 71.7 cm³/mol. The number of aromatic nitrogens is 5. The number of hydrogen-bond donors (Lipinski definition) is 0. The van der Waals surface area contributed by atoms with E-state index in [1.807, 2.05) is 35.0 Å². The fourth-order valence-corrected chi connectivity index (χ4v) is 2.49. The maximum atomic E-state index is 5.69. The molecule has 0 spiro atoms. The minimum atomic E-state index is 0.0601. The maximum absolute atomic E-state index is 5.69. The first-order chi connectivity index (χ1) is 9.84. The molecule has 0 radical (unpaired) electrons. The Labute approximate surface area is 115 Å². The van der Waals surface area contributed by atoms with Gasteiger partial charge < -0.3 is 9.30 Å².